The highest BCUT2D eigenvalue weighted by Crippen LogP contribution is 2.14. The third-order valence-electron chi connectivity index (χ3n) is 2.81. The number of nitrogens with one attached hydrogen (secondary N) is 1. The van der Waals surface area contributed by atoms with Crippen LogP contribution in [0.15, 0.2) is 24.5 Å². The van der Waals surface area contributed by atoms with Crippen molar-refractivity contribution in [2.45, 2.75) is 19.4 Å². The Morgan fingerprint density at radius 1 is 1.41 bits per heavy atom. The molecule has 2 rings (SSSR count). The van der Waals surface area contributed by atoms with Gasteiger partial charge in [0.25, 0.3) is 0 Å². The molecule has 0 aromatic carbocycles. The molecule has 1 unspecified atom stereocenters. The van der Waals surface area contributed by atoms with Crippen LogP contribution in [0.1, 0.15) is 23.3 Å². The molecule has 2 heterocycles. The van der Waals surface area contributed by atoms with Crippen LogP contribution in [0.25, 0.3) is 0 Å². The van der Waals surface area contributed by atoms with Crippen molar-refractivity contribution in [1.82, 2.24) is 25.1 Å². The molecule has 0 aliphatic rings. The number of hydrogen-bond donors (Lipinski definition) is 1. The molecule has 0 fully saturated rings. The fourth-order valence-corrected chi connectivity index (χ4v) is 1.80. The molecule has 5 heteroatoms. The Balaban J connectivity index is 2.20. The summed E-state index contributed by atoms with van der Waals surface area (Å²) in [4.78, 5) is 8.77. The highest BCUT2D eigenvalue weighted by Gasteiger charge is 2.14. The smallest absolute Gasteiger partial charge is 0.138 e. The van der Waals surface area contributed by atoms with Crippen molar-refractivity contribution in [1.29, 1.82) is 0 Å². The van der Waals surface area contributed by atoms with Crippen molar-refractivity contribution in [3.05, 3.63) is 41.7 Å². The zero-order valence-corrected chi connectivity index (χ0v) is 10.4. The molecule has 0 spiro atoms. The van der Waals surface area contributed by atoms with Crippen LogP contribution in [0.3, 0.4) is 0 Å². The van der Waals surface area contributed by atoms with Gasteiger partial charge in [-0.05, 0) is 26.1 Å². The SMILES string of the molecule is CNC(Cc1ncnn1C)c1cccc(C)n1. The zero-order valence-electron chi connectivity index (χ0n) is 10.4. The van der Waals surface area contributed by atoms with Crippen LogP contribution in [0.4, 0.5) is 0 Å². The molecule has 1 N–H and O–H groups in total. The second-order valence-corrected chi connectivity index (χ2v) is 4.05. The van der Waals surface area contributed by atoms with Crippen LogP contribution < -0.4 is 5.32 Å². The molecule has 0 bridgehead atoms. The lowest BCUT2D eigenvalue weighted by atomic mass is 10.1. The van der Waals surface area contributed by atoms with E-state index in [9.17, 15) is 0 Å². The first kappa shape index (κ1) is 11.7. The number of aryl methyl sites for hydroxylation is 2. The second kappa shape index (κ2) is 5.05. The van der Waals surface area contributed by atoms with Gasteiger partial charge in [0.05, 0.1) is 11.7 Å². The van der Waals surface area contributed by atoms with E-state index in [1.807, 2.05) is 39.2 Å². The molecule has 2 aromatic rings. The fourth-order valence-electron chi connectivity index (χ4n) is 1.80. The normalized spacial score (nSPS) is 12.6. The lowest BCUT2D eigenvalue weighted by Gasteiger charge is -2.15. The van der Waals surface area contributed by atoms with Gasteiger partial charge in [-0.2, -0.15) is 5.10 Å². The summed E-state index contributed by atoms with van der Waals surface area (Å²) in [6.07, 6.45) is 2.36. The first-order valence-corrected chi connectivity index (χ1v) is 5.64. The minimum absolute atomic E-state index is 0.165. The van der Waals surface area contributed by atoms with Gasteiger partial charge in [0.2, 0.25) is 0 Å². The van der Waals surface area contributed by atoms with Crippen LogP contribution in [-0.2, 0) is 13.5 Å². The maximum absolute atomic E-state index is 4.53. The Morgan fingerprint density at radius 2 is 2.24 bits per heavy atom. The summed E-state index contributed by atoms with van der Waals surface area (Å²) < 4.78 is 1.79. The van der Waals surface area contributed by atoms with E-state index in [0.29, 0.717) is 0 Å². The first-order valence-electron chi connectivity index (χ1n) is 5.64. The zero-order chi connectivity index (χ0) is 12.3. The van der Waals surface area contributed by atoms with Gasteiger partial charge in [-0.25, -0.2) is 4.98 Å². The first-order chi connectivity index (χ1) is 8.20. The van der Waals surface area contributed by atoms with Gasteiger partial charge in [0.1, 0.15) is 12.2 Å². The third-order valence-corrected chi connectivity index (χ3v) is 2.81. The minimum atomic E-state index is 0.165. The van der Waals surface area contributed by atoms with Crippen molar-refractivity contribution < 1.29 is 0 Å². The molecule has 0 aliphatic heterocycles. The Bertz CT molecular complexity index is 491. The van der Waals surface area contributed by atoms with E-state index in [0.717, 1.165) is 23.6 Å². The van der Waals surface area contributed by atoms with Crippen molar-refractivity contribution in [3.8, 4) is 0 Å². The van der Waals surface area contributed by atoms with E-state index < -0.39 is 0 Å². The van der Waals surface area contributed by atoms with Crippen LogP contribution in [0.2, 0.25) is 0 Å². The summed E-state index contributed by atoms with van der Waals surface area (Å²) in [7, 11) is 3.84. The van der Waals surface area contributed by atoms with E-state index in [2.05, 4.69) is 20.4 Å². The summed E-state index contributed by atoms with van der Waals surface area (Å²) in [5.74, 6) is 0.952. The second-order valence-electron chi connectivity index (χ2n) is 4.05. The number of nitrogens with zero attached hydrogens (tertiary/aromatic N) is 4. The average Bonchev–Trinajstić information content (AvgIpc) is 2.71. The van der Waals surface area contributed by atoms with Crippen molar-refractivity contribution in [3.63, 3.8) is 0 Å². The summed E-state index contributed by atoms with van der Waals surface area (Å²) in [6.45, 7) is 2.00. The summed E-state index contributed by atoms with van der Waals surface area (Å²) >= 11 is 0. The molecule has 5 nitrogen and oxygen atoms in total. The molecule has 17 heavy (non-hydrogen) atoms. The lowest BCUT2D eigenvalue weighted by Crippen LogP contribution is -2.21. The van der Waals surface area contributed by atoms with Gasteiger partial charge in [-0.1, -0.05) is 6.07 Å². The summed E-state index contributed by atoms with van der Waals surface area (Å²) in [5, 5.41) is 7.34. The number of likely N-dealkylation sites (N-methyl/N-ethyl adjacent to an activating group) is 1. The standard InChI is InChI=1S/C12H17N5/c1-9-5-4-6-10(16-9)11(13-2)7-12-14-8-15-17(12)3/h4-6,8,11,13H,7H2,1-3H3. The maximum atomic E-state index is 4.53. The lowest BCUT2D eigenvalue weighted by molar-refractivity contribution is 0.540. The predicted octanol–water partition coefficient (Wildman–Crippen LogP) is 1.02. The average molecular weight is 231 g/mol. The number of rotatable bonds is 4. The summed E-state index contributed by atoms with van der Waals surface area (Å²) in [6, 6.07) is 6.22. The Labute approximate surface area is 101 Å². The van der Waals surface area contributed by atoms with Gasteiger partial charge in [-0.3, -0.25) is 9.67 Å². The third kappa shape index (κ3) is 2.68. The monoisotopic (exact) mass is 231 g/mol. The Morgan fingerprint density at radius 3 is 2.82 bits per heavy atom. The number of aromatic nitrogens is 4. The molecule has 90 valence electrons. The highest BCUT2D eigenvalue weighted by molar-refractivity contribution is 5.14. The molecule has 0 saturated carbocycles. The maximum Gasteiger partial charge on any atom is 0.138 e. The van der Waals surface area contributed by atoms with Gasteiger partial charge in [0, 0.05) is 19.2 Å². The molecule has 0 saturated heterocycles. The Kier molecular flexibility index (Phi) is 3.49. The van der Waals surface area contributed by atoms with Crippen molar-refractivity contribution in [2.75, 3.05) is 7.05 Å². The number of hydrogen-bond acceptors (Lipinski definition) is 4. The van der Waals surface area contributed by atoms with Gasteiger partial charge < -0.3 is 5.32 Å². The van der Waals surface area contributed by atoms with E-state index in [1.165, 1.54) is 0 Å². The topological polar surface area (TPSA) is 55.6 Å². The van der Waals surface area contributed by atoms with Crippen molar-refractivity contribution in [2.24, 2.45) is 7.05 Å². The Hall–Kier alpha value is -1.75. The van der Waals surface area contributed by atoms with Crippen LogP contribution in [-0.4, -0.2) is 26.8 Å². The molecule has 1 atom stereocenters. The van der Waals surface area contributed by atoms with Crippen LogP contribution in [0.5, 0.6) is 0 Å². The molecular weight excluding hydrogens is 214 g/mol. The van der Waals surface area contributed by atoms with E-state index in [-0.39, 0.29) is 6.04 Å². The molecule has 0 amide bonds. The number of pyridine rings is 1. The van der Waals surface area contributed by atoms with Gasteiger partial charge in [0.15, 0.2) is 0 Å². The van der Waals surface area contributed by atoms with E-state index >= 15 is 0 Å². The summed E-state index contributed by atoms with van der Waals surface area (Å²) in [5.41, 5.74) is 2.07. The quantitative estimate of drug-likeness (QED) is 0.853. The fraction of sp³-hybridized carbons (Fsp3) is 0.417. The van der Waals surface area contributed by atoms with E-state index in [4.69, 9.17) is 0 Å². The molecule has 2 aromatic heterocycles. The van der Waals surface area contributed by atoms with Gasteiger partial charge in [-0.15, -0.1) is 0 Å². The minimum Gasteiger partial charge on any atom is -0.311 e. The van der Waals surface area contributed by atoms with Gasteiger partial charge >= 0.3 is 0 Å². The van der Waals surface area contributed by atoms with Crippen molar-refractivity contribution >= 4 is 0 Å². The van der Waals surface area contributed by atoms with Crippen LogP contribution in [0, 0.1) is 6.92 Å². The van der Waals surface area contributed by atoms with Crippen LogP contribution >= 0.6 is 0 Å². The van der Waals surface area contributed by atoms with E-state index in [1.54, 1.807) is 11.0 Å². The largest absolute Gasteiger partial charge is 0.311 e. The predicted molar refractivity (Wildman–Crippen MR) is 65.5 cm³/mol. The highest BCUT2D eigenvalue weighted by atomic mass is 15.3. The molecular formula is C12H17N5. The molecule has 0 radical (unpaired) electrons. The molecule has 0 aliphatic carbocycles.